The number of hydrogen-bond donors (Lipinski definition) is 2. The molecule has 0 fully saturated rings. The lowest BCUT2D eigenvalue weighted by atomic mass is 10.1. The maximum atomic E-state index is 13.7. The van der Waals surface area contributed by atoms with Crippen LogP contribution in [0, 0.1) is 11.6 Å². The molecule has 5 nitrogen and oxygen atoms in total. The Morgan fingerprint density at radius 1 is 1.07 bits per heavy atom. The van der Waals surface area contributed by atoms with Crippen LogP contribution >= 0.6 is 0 Å². The van der Waals surface area contributed by atoms with Crippen LogP contribution in [0.3, 0.4) is 0 Å². The van der Waals surface area contributed by atoms with Gasteiger partial charge >= 0.3 is 0 Å². The lowest BCUT2D eigenvalue weighted by Gasteiger charge is -2.11. The average Bonchev–Trinajstić information content (AvgIpc) is 2.71. The molecule has 0 aliphatic rings. The van der Waals surface area contributed by atoms with Gasteiger partial charge in [0.25, 0.3) is 5.91 Å². The minimum absolute atomic E-state index is 0.234. The lowest BCUT2D eigenvalue weighted by molar-refractivity contribution is 0.102. The molecule has 3 rings (SSSR count). The fraction of sp³-hybridized carbons (Fsp3) is 0.143. The predicted octanol–water partition coefficient (Wildman–Crippen LogP) is 4.28. The lowest BCUT2D eigenvalue weighted by Crippen LogP contribution is -2.15. The second kappa shape index (κ2) is 8.94. The van der Waals surface area contributed by atoms with Gasteiger partial charge in [0.05, 0.1) is 7.11 Å². The van der Waals surface area contributed by atoms with E-state index in [9.17, 15) is 13.6 Å². The van der Waals surface area contributed by atoms with Gasteiger partial charge in [0.2, 0.25) is 0 Å². The molecule has 0 aliphatic carbocycles. The van der Waals surface area contributed by atoms with Crippen LogP contribution in [-0.4, -0.2) is 24.5 Å². The average molecular weight is 383 g/mol. The van der Waals surface area contributed by atoms with Crippen molar-refractivity contribution in [3.8, 4) is 5.75 Å². The molecule has 0 atom stereocenters. The third kappa shape index (κ3) is 4.62. The zero-order valence-corrected chi connectivity index (χ0v) is 15.2. The Bertz CT molecular complexity index is 959. The van der Waals surface area contributed by atoms with Crippen molar-refractivity contribution in [1.29, 1.82) is 0 Å². The number of anilines is 2. The van der Waals surface area contributed by atoms with Crippen molar-refractivity contribution in [3.63, 3.8) is 0 Å². The number of hydrogen-bond acceptors (Lipinski definition) is 4. The highest BCUT2D eigenvalue weighted by Crippen LogP contribution is 2.20. The Morgan fingerprint density at radius 3 is 2.57 bits per heavy atom. The number of halogens is 2. The first kappa shape index (κ1) is 19.3. The largest absolute Gasteiger partial charge is 0.496 e. The van der Waals surface area contributed by atoms with E-state index in [1.807, 2.05) is 24.3 Å². The number of methoxy groups -OCH3 is 1. The highest BCUT2D eigenvalue weighted by molar-refractivity contribution is 6.04. The molecule has 2 aromatic carbocycles. The normalized spacial score (nSPS) is 10.4. The molecule has 0 saturated heterocycles. The summed E-state index contributed by atoms with van der Waals surface area (Å²) in [7, 11) is 1.62. The molecule has 0 spiro atoms. The zero-order valence-electron chi connectivity index (χ0n) is 15.2. The van der Waals surface area contributed by atoms with Crippen molar-refractivity contribution in [3.05, 3.63) is 83.6 Å². The number of nitrogens with one attached hydrogen (secondary N) is 2. The Kier molecular flexibility index (Phi) is 6.16. The van der Waals surface area contributed by atoms with Crippen molar-refractivity contribution >= 4 is 17.4 Å². The van der Waals surface area contributed by atoms with Gasteiger partial charge in [-0.05, 0) is 42.3 Å². The summed E-state index contributed by atoms with van der Waals surface area (Å²) in [6, 6.07) is 14.1. The molecule has 0 saturated carbocycles. The molecule has 28 heavy (non-hydrogen) atoms. The molecule has 3 aromatic rings. The van der Waals surface area contributed by atoms with Crippen LogP contribution in [0.1, 0.15) is 15.9 Å². The summed E-state index contributed by atoms with van der Waals surface area (Å²) in [5.74, 6) is -1.01. The van der Waals surface area contributed by atoms with Crippen molar-refractivity contribution < 1.29 is 18.3 Å². The first-order valence-corrected chi connectivity index (χ1v) is 8.65. The van der Waals surface area contributed by atoms with E-state index in [-0.39, 0.29) is 5.56 Å². The van der Waals surface area contributed by atoms with Gasteiger partial charge in [0, 0.05) is 18.3 Å². The van der Waals surface area contributed by atoms with Gasteiger partial charge in [-0.15, -0.1) is 0 Å². The topological polar surface area (TPSA) is 63.2 Å². The van der Waals surface area contributed by atoms with Crippen molar-refractivity contribution in [2.45, 2.75) is 6.42 Å². The van der Waals surface area contributed by atoms with Gasteiger partial charge in [0.15, 0.2) is 0 Å². The van der Waals surface area contributed by atoms with E-state index >= 15 is 0 Å². The van der Waals surface area contributed by atoms with Gasteiger partial charge < -0.3 is 15.4 Å². The number of ether oxygens (including phenoxy) is 1. The molecule has 7 heteroatoms. The maximum Gasteiger partial charge on any atom is 0.256 e. The van der Waals surface area contributed by atoms with Crippen molar-refractivity contribution in [1.82, 2.24) is 4.98 Å². The summed E-state index contributed by atoms with van der Waals surface area (Å²) >= 11 is 0. The number of carbonyl (C=O) groups excluding carboxylic acids is 1. The molecular formula is C21H19F2N3O2. The van der Waals surface area contributed by atoms with E-state index in [4.69, 9.17) is 4.74 Å². The van der Waals surface area contributed by atoms with Gasteiger partial charge in [0.1, 0.15) is 28.9 Å². The molecule has 0 unspecified atom stereocenters. The smallest absolute Gasteiger partial charge is 0.256 e. The Labute approximate surface area is 161 Å². The number of rotatable bonds is 7. The van der Waals surface area contributed by atoms with Crippen LogP contribution in [-0.2, 0) is 6.42 Å². The molecular weight excluding hydrogens is 364 g/mol. The summed E-state index contributed by atoms with van der Waals surface area (Å²) in [5, 5.41) is 5.39. The van der Waals surface area contributed by atoms with E-state index in [2.05, 4.69) is 15.6 Å². The number of carbonyl (C=O) groups is 1. The van der Waals surface area contributed by atoms with Crippen molar-refractivity contribution in [2.24, 2.45) is 0 Å². The molecule has 0 bridgehead atoms. The number of aromatic nitrogens is 1. The quantitative estimate of drug-likeness (QED) is 0.639. The monoisotopic (exact) mass is 383 g/mol. The van der Waals surface area contributed by atoms with E-state index in [1.54, 1.807) is 7.11 Å². The van der Waals surface area contributed by atoms with Crippen LogP contribution < -0.4 is 15.4 Å². The number of pyridine rings is 1. The van der Waals surface area contributed by atoms with E-state index in [0.29, 0.717) is 18.8 Å². The van der Waals surface area contributed by atoms with Gasteiger partial charge in [-0.25, -0.2) is 13.8 Å². The first-order valence-electron chi connectivity index (χ1n) is 8.65. The molecule has 1 heterocycles. The first-order chi connectivity index (χ1) is 13.6. The Hall–Kier alpha value is -3.48. The number of benzene rings is 2. The molecule has 1 aromatic heterocycles. The van der Waals surface area contributed by atoms with Crippen LogP contribution in [0.5, 0.6) is 5.75 Å². The highest BCUT2D eigenvalue weighted by Gasteiger charge is 2.14. The van der Waals surface area contributed by atoms with E-state index in [0.717, 1.165) is 23.4 Å². The fourth-order valence-corrected chi connectivity index (χ4v) is 2.71. The molecule has 144 valence electrons. The minimum atomic E-state index is -0.836. The van der Waals surface area contributed by atoms with Gasteiger partial charge in [-0.2, -0.15) is 0 Å². The van der Waals surface area contributed by atoms with Crippen LogP contribution in [0.15, 0.2) is 60.8 Å². The van der Waals surface area contributed by atoms with Gasteiger partial charge in [-0.3, -0.25) is 4.79 Å². The van der Waals surface area contributed by atoms with Gasteiger partial charge in [-0.1, -0.05) is 24.3 Å². The second-order valence-corrected chi connectivity index (χ2v) is 5.97. The summed E-state index contributed by atoms with van der Waals surface area (Å²) in [4.78, 5) is 16.5. The third-order valence-corrected chi connectivity index (χ3v) is 4.12. The standard InChI is InChI=1S/C21H19F2N3O2/c1-28-18-8-3-2-5-14(18)9-11-24-19-13-15(10-12-25-19)21(27)26-20-16(22)6-4-7-17(20)23/h2-8,10,12-13H,9,11H2,1H3,(H,24,25)(H,26,27). The van der Waals surface area contributed by atoms with Crippen LogP contribution in [0.25, 0.3) is 0 Å². The zero-order chi connectivity index (χ0) is 19.9. The number of nitrogens with zero attached hydrogens (tertiary/aromatic N) is 1. The maximum absolute atomic E-state index is 13.7. The number of amides is 1. The predicted molar refractivity (Wildman–Crippen MR) is 104 cm³/mol. The van der Waals surface area contributed by atoms with Crippen molar-refractivity contribution in [2.75, 3.05) is 24.3 Å². The molecule has 0 radical (unpaired) electrons. The third-order valence-electron chi connectivity index (χ3n) is 4.12. The fourth-order valence-electron chi connectivity index (χ4n) is 2.71. The summed E-state index contributed by atoms with van der Waals surface area (Å²) < 4.78 is 32.7. The Morgan fingerprint density at radius 2 is 1.82 bits per heavy atom. The molecule has 0 aliphatic heterocycles. The second-order valence-electron chi connectivity index (χ2n) is 5.97. The minimum Gasteiger partial charge on any atom is -0.496 e. The summed E-state index contributed by atoms with van der Waals surface area (Å²) in [6.45, 7) is 0.570. The highest BCUT2D eigenvalue weighted by atomic mass is 19.1. The van der Waals surface area contributed by atoms with E-state index < -0.39 is 23.2 Å². The van der Waals surface area contributed by atoms with Crippen LogP contribution in [0.2, 0.25) is 0 Å². The molecule has 2 N–H and O–H groups in total. The van der Waals surface area contributed by atoms with E-state index in [1.165, 1.54) is 24.4 Å². The van der Waals surface area contributed by atoms with Crippen LogP contribution in [0.4, 0.5) is 20.3 Å². The number of para-hydroxylation sites is 2. The molecule has 1 amide bonds. The Balaban J connectivity index is 1.64. The summed E-state index contributed by atoms with van der Waals surface area (Å²) in [5.41, 5.74) is 0.800. The SMILES string of the molecule is COc1ccccc1CCNc1cc(C(=O)Nc2c(F)cccc2F)ccn1. The summed E-state index contributed by atoms with van der Waals surface area (Å²) in [6.07, 6.45) is 2.15.